The van der Waals surface area contributed by atoms with Crippen LogP contribution in [0.25, 0.3) is 0 Å². The summed E-state index contributed by atoms with van der Waals surface area (Å²) < 4.78 is 25.6. The lowest BCUT2D eigenvalue weighted by Gasteiger charge is -2.03. The van der Waals surface area contributed by atoms with E-state index in [0.717, 1.165) is 0 Å². The third-order valence-corrected chi connectivity index (χ3v) is 3.46. The normalized spacial score (nSPS) is 10.2. The fraction of sp³-hybridized carbons (Fsp3) is 0.143. The van der Waals surface area contributed by atoms with E-state index in [4.69, 9.17) is 5.26 Å². The predicted octanol–water partition coefficient (Wildman–Crippen LogP) is 3.26. The van der Waals surface area contributed by atoms with E-state index in [2.05, 4.69) is 20.9 Å². The second kappa shape index (κ2) is 4.28. The minimum absolute atomic E-state index is 0.0951. The fourth-order valence-electron chi connectivity index (χ4n) is 0.735. The summed E-state index contributed by atoms with van der Waals surface area (Å²) in [6, 6.07) is 3.01. The molecule has 0 aliphatic rings. The van der Waals surface area contributed by atoms with Crippen molar-refractivity contribution in [1.29, 1.82) is 5.26 Å². The number of nitriles is 1. The molecule has 0 fully saturated rings. The lowest BCUT2D eigenvalue weighted by Crippen LogP contribution is -1.98. The summed E-state index contributed by atoms with van der Waals surface area (Å²) in [5.74, 6) is 0. The van der Waals surface area contributed by atoms with Crippen molar-refractivity contribution in [3.8, 4) is 6.07 Å². The SMILES string of the molecule is N#Cc1cc(Br)c(I)nc1C(F)F. The second-order valence-corrected chi connectivity index (χ2v) is 3.98. The highest BCUT2D eigenvalue weighted by Gasteiger charge is 2.16. The van der Waals surface area contributed by atoms with Crippen molar-refractivity contribution in [1.82, 2.24) is 4.98 Å². The zero-order valence-electron chi connectivity index (χ0n) is 6.06. The Kier molecular flexibility index (Phi) is 3.55. The van der Waals surface area contributed by atoms with E-state index in [-0.39, 0.29) is 5.56 Å². The van der Waals surface area contributed by atoms with Crippen LogP contribution in [0.15, 0.2) is 10.5 Å². The standard InChI is InChI=1S/C7H2BrF2IN2/c8-4-1-3(2-12)5(6(9)10)13-7(4)11/h1,6H. The van der Waals surface area contributed by atoms with Gasteiger partial charge in [-0.1, -0.05) is 0 Å². The van der Waals surface area contributed by atoms with Crippen LogP contribution in [0.4, 0.5) is 8.78 Å². The molecule has 68 valence electrons. The Morgan fingerprint density at radius 2 is 2.23 bits per heavy atom. The minimum atomic E-state index is -2.71. The molecule has 0 aromatic carbocycles. The first-order valence-electron chi connectivity index (χ1n) is 3.10. The molecule has 0 amide bonds. The molecule has 0 spiro atoms. The smallest absolute Gasteiger partial charge is 0.238 e. The van der Waals surface area contributed by atoms with Gasteiger partial charge in [-0.2, -0.15) is 5.26 Å². The summed E-state index contributed by atoms with van der Waals surface area (Å²) in [5, 5.41) is 8.54. The molecule has 0 aliphatic heterocycles. The summed E-state index contributed by atoms with van der Waals surface area (Å²) >= 11 is 4.92. The van der Waals surface area contributed by atoms with Gasteiger partial charge in [0.1, 0.15) is 15.5 Å². The molecule has 0 radical (unpaired) electrons. The predicted molar refractivity (Wildman–Crippen MR) is 54.3 cm³/mol. The number of alkyl halides is 2. The van der Waals surface area contributed by atoms with E-state index < -0.39 is 12.1 Å². The molecule has 1 aromatic heterocycles. The second-order valence-electron chi connectivity index (χ2n) is 2.11. The van der Waals surface area contributed by atoms with Crippen molar-refractivity contribution in [2.45, 2.75) is 6.43 Å². The summed E-state index contributed by atoms with van der Waals surface area (Å²) in [5.41, 5.74) is -0.558. The average molecular weight is 359 g/mol. The topological polar surface area (TPSA) is 36.7 Å². The Labute approximate surface area is 95.2 Å². The molecule has 0 saturated carbocycles. The van der Waals surface area contributed by atoms with E-state index in [0.29, 0.717) is 8.17 Å². The first kappa shape index (κ1) is 10.8. The zero-order chi connectivity index (χ0) is 10.0. The van der Waals surface area contributed by atoms with Crippen LogP contribution in [0, 0.1) is 15.0 Å². The first-order chi connectivity index (χ1) is 6.06. The number of rotatable bonds is 1. The summed E-state index contributed by atoms with van der Waals surface area (Å²) in [6.45, 7) is 0. The Hall–Kier alpha value is -0.290. The molecular weight excluding hydrogens is 357 g/mol. The lowest BCUT2D eigenvalue weighted by molar-refractivity contribution is 0.145. The Morgan fingerprint density at radius 1 is 1.62 bits per heavy atom. The molecule has 1 heterocycles. The lowest BCUT2D eigenvalue weighted by atomic mass is 10.2. The molecule has 0 unspecified atom stereocenters. The number of nitrogens with zero attached hydrogens (tertiary/aromatic N) is 2. The van der Waals surface area contributed by atoms with Gasteiger partial charge in [-0.25, -0.2) is 13.8 Å². The maximum Gasteiger partial charge on any atom is 0.281 e. The van der Waals surface area contributed by atoms with Crippen LogP contribution >= 0.6 is 38.5 Å². The van der Waals surface area contributed by atoms with E-state index >= 15 is 0 Å². The molecule has 13 heavy (non-hydrogen) atoms. The maximum atomic E-state index is 12.3. The van der Waals surface area contributed by atoms with Crippen LogP contribution in [-0.2, 0) is 0 Å². The van der Waals surface area contributed by atoms with Gasteiger partial charge in [-0.15, -0.1) is 0 Å². The molecule has 0 saturated heterocycles. The third kappa shape index (κ3) is 2.34. The number of aromatic nitrogens is 1. The van der Waals surface area contributed by atoms with Gasteiger partial charge in [0.2, 0.25) is 0 Å². The highest BCUT2D eigenvalue weighted by molar-refractivity contribution is 14.1. The monoisotopic (exact) mass is 358 g/mol. The van der Waals surface area contributed by atoms with Gasteiger partial charge in [0.25, 0.3) is 6.43 Å². The fourth-order valence-corrected chi connectivity index (χ4v) is 1.47. The summed E-state index contributed by atoms with van der Waals surface area (Å²) in [4.78, 5) is 3.61. The largest absolute Gasteiger partial charge is 0.281 e. The molecule has 0 aliphatic carbocycles. The van der Waals surface area contributed by atoms with Crippen molar-refractivity contribution in [3.63, 3.8) is 0 Å². The molecule has 1 aromatic rings. The van der Waals surface area contributed by atoms with E-state index in [1.54, 1.807) is 6.07 Å². The van der Waals surface area contributed by atoms with E-state index in [1.807, 2.05) is 22.6 Å². The van der Waals surface area contributed by atoms with Gasteiger partial charge in [-0.05, 0) is 44.6 Å². The van der Waals surface area contributed by atoms with Crippen molar-refractivity contribution < 1.29 is 8.78 Å². The van der Waals surface area contributed by atoms with Crippen molar-refractivity contribution >= 4 is 38.5 Å². The highest BCUT2D eigenvalue weighted by atomic mass is 127. The summed E-state index contributed by atoms with van der Waals surface area (Å²) in [7, 11) is 0. The Morgan fingerprint density at radius 3 is 2.69 bits per heavy atom. The number of halogens is 4. The van der Waals surface area contributed by atoms with Crippen molar-refractivity contribution in [2.75, 3.05) is 0 Å². The van der Waals surface area contributed by atoms with Gasteiger partial charge in [0, 0.05) is 0 Å². The van der Waals surface area contributed by atoms with Crippen LogP contribution in [0.5, 0.6) is 0 Å². The van der Waals surface area contributed by atoms with Crippen LogP contribution < -0.4 is 0 Å². The van der Waals surface area contributed by atoms with Gasteiger partial charge in [0.15, 0.2) is 0 Å². The van der Waals surface area contributed by atoms with Crippen LogP contribution in [-0.4, -0.2) is 4.98 Å². The van der Waals surface area contributed by atoms with Gasteiger partial charge in [0.05, 0.1) is 10.0 Å². The van der Waals surface area contributed by atoms with Crippen LogP contribution in [0.1, 0.15) is 17.7 Å². The molecule has 6 heteroatoms. The number of hydrogen-bond acceptors (Lipinski definition) is 2. The quantitative estimate of drug-likeness (QED) is 0.570. The van der Waals surface area contributed by atoms with E-state index in [9.17, 15) is 8.78 Å². The van der Waals surface area contributed by atoms with Crippen LogP contribution in [0.2, 0.25) is 0 Å². The summed E-state index contributed by atoms with van der Waals surface area (Å²) in [6.07, 6.45) is -2.71. The molecular formula is C7H2BrF2IN2. The Bertz CT molecular complexity index is 375. The molecule has 0 atom stereocenters. The van der Waals surface area contributed by atoms with Gasteiger partial charge in [-0.3, -0.25) is 0 Å². The van der Waals surface area contributed by atoms with E-state index in [1.165, 1.54) is 6.07 Å². The highest BCUT2D eigenvalue weighted by Crippen LogP contribution is 2.26. The molecule has 2 nitrogen and oxygen atoms in total. The average Bonchev–Trinajstić information content (AvgIpc) is 2.08. The molecule has 0 N–H and O–H groups in total. The third-order valence-electron chi connectivity index (χ3n) is 1.29. The number of hydrogen-bond donors (Lipinski definition) is 0. The van der Waals surface area contributed by atoms with Crippen LogP contribution in [0.3, 0.4) is 0 Å². The first-order valence-corrected chi connectivity index (χ1v) is 4.97. The Balaban J connectivity index is 3.35. The van der Waals surface area contributed by atoms with Gasteiger partial charge >= 0.3 is 0 Å². The molecule has 1 rings (SSSR count). The zero-order valence-corrected chi connectivity index (χ0v) is 9.80. The van der Waals surface area contributed by atoms with Crippen molar-refractivity contribution in [2.24, 2.45) is 0 Å². The molecule has 0 bridgehead atoms. The number of pyridine rings is 1. The maximum absolute atomic E-state index is 12.3. The van der Waals surface area contributed by atoms with Gasteiger partial charge < -0.3 is 0 Å². The minimum Gasteiger partial charge on any atom is -0.238 e. The van der Waals surface area contributed by atoms with Crippen molar-refractivity contribution in [3.05, 3.63) is 25.5 Å².